The Kier molecular flexibility index (Phi) is 6.70. The maximum absolute atomic E-state index is 13.5. The average molecular weight is 476 g/mol. The van der Waals surface area contributed by atoms with Gasteiger partial charge in [-0.1, -0.05) is 60.1 Å². The molecule has 0 bridgehead atoms. The molecule has 1 atom stereocenters. The lowest BCUT2D eigenvalue weighted by Gasteiger charge is -2.45. The van der Waals surface area contributed by atoms with Gasteiger partial charge in [-0.25, -0.2) is 4.98 Å². The molecule has 1 saturated heterocycles. The third-order valence-corrected chi connectivity index (χ3v) is 6.48. The highest BCUT2D eigenvalue weighted by atomic mass is 35.5. The van der Waals surface area contributed by atoms with Crippen LogP contribution in [0.3, 0.4) is 0 Å². The van der Waals surface area contributed by atoms with Gasteiger partial charge in [0.2, 0.25) is 0 Å². The number of aromatic nitrogens is 1. The van der Waals surface area contributed by atoms with Gasteiger partial charge in [-0.2, -0.15) is 0 Å². The molecule has 0 spiro atoms. The van der Waals surface area contributed by atoms with Gasteiger partial charge in [-0.15, -0.1) is 0 Å². The van der Waals surface area contributed by atoms with Gasteiger partial charge in [0, 0.05) is 32.3 Å². The van der Waals surface area contributed by atoms with Crippen molar-refractivity contribution in [1.29, 1.82) is 0 Å². The molecule has 0 radical (unpaired) electrons. The predicted molar refractivity (Wildman–Crippen MR) is 132 cm³/mol. The van der Waals surface area contributed by atoms with E-state index in [1.807, 2.05) is 54.6 Å². The molecule has 174 valence electrons. The summed E-state index contributed by atoms with van der Waals surface area (Å²) < 4.78 is 5.94. The first-order valence-electron chi connectivity index (χ1n) is 10.9. The molecule has 34 heavy (non-hydrogen) atoms. The van der Waals surface area contributed by atoms with Crippen LogP contribution in [0.5, 0.6) is 5.75 Å². The van der Waals surface area contributed by atoms with Crippen LogP contribution in [0.4, 0.5) is 0 Å². The Morgan fingerprint density at radius 2 is 1.74 bits per heavy atom. The van der Waals surface area contributed by atoms with Gasteiger partial charge in [0.1, 0.15) is 28.7 Å². The molecule has 7 heteroatoms. The molecule has 2 aromatic carbocycles. The summed E-state index contributed by atoms with van der Waals surface area (Å²) in [6.07, 6.45) is 3.52. The van der Waals surface area contributed by atoms with E-state index < -0.39 is 5.54 Å². The SMILES string of the molecule is CN1C(=O)C(C)(Cc2cccc(OCc3ccccc3)c2)N(C)C(=O)C1=Cc1cccnc1Cl. The largest absolute Gasteiger partial charge is 0.489 e. The fraction of sp³-hybridized carbons (Fsp3) is 0.222. The van der Waals surface area contributed by atoms with Crippen LogP contribution in [0.1, 0.15) is 23.6 Å². The molecule has 2 amide bonds. The van der Waals surface area contributed by atoms with E-state index in [0.717, 1.165) is 11.1 Å². The van der Waals surface area contributed by atoms with E-state index in [-0.39, 0.29) is 22.7 Å². The molecular weight excluding hydrogens is 450 g/mol. The minimum atomic E-state index is -1.06. The van der Waals surface area contributed by atoms with Gasteiger partial charge in [0.05, 0.1) is 0 Å². The topological polar surface area (TPSA) is 62.7 Å². The van der Waals surface area contributed by atoms with E-state index in [2.05, 4.69) is 4.98 Å². The van der Waals surface area contributed by atoms with Crippen molar-refractivity contribution in [2.45, 2.75) is 25.5 Å². The Hall–Kier alpha value is -3.64. The molecule has 0 N–H and O–H groups in total. The lowest BCUT2D eigenvalue weighted by atomic mass is 9.87. The van der Waals surface area contributed by atoms with Crippen molar-refractivity contribution in [2.75, 3.05) is 14.1 Å². The Bertz CT molecular complexity index is 1240. The average Bonchev–Trinajstić information content (AvgIpc) is 2.85. The third-order valence-electron chi connectivity index (χ3n) is 6.17. The zero-order valence-corrected chi connectivity index (χ0v) is 20.1. The first-order valence-corrected chi connectivity index (χ1v) is 11.3. The van der Waals surface area contributed by atoms with Crippen LogP contribution in [-0.2, 0) is 22.6 Å². The zero-order chi connectivity index (χ0) is 24.3. The third kappa shape index (κ3) is 4.68. The van der Waals surface area contributed by atoms with Gasteiger partial charge in [0.15, 0.2) is 0 Å². The van der Waals surface area contributed by atoms with Crippen LogP contribution in [0.25, 0.3) is 6.08 Å². The summed E-state index contributed by atoms with van der Waals surface area (Å²) in [6.45, 7) is 2.24. The van der Waals surface area contributed by atoms with E-state index in [1.165, 1.54) is 9.80 Å². The van der Waals surface area contributed by atoms with E-state index >= 15 is 0 Å². The second kappa shape index (κ2) is 9.69. The smallest absolute Gasteiger partial charge is 0.271 e. The lowest BCUT2D eigenvalue weighted by molar-refractivity contribution is -0.155. The van der Waals surface area contributed by atoms with Crippen molar-refractivity contribution in [3.8, 4) is 5.75 Å². The molecule has 3 aromatic rings. The van der Waals surface area contributed by atoms with Gasteiger partial charge in [0.25, 0.3) is 11.8 Å². The minimum absolute atomic E-state index is 0.184. The van der Waals surface area contributed by atoms with Gasteiger partial charge in [-0.3, -0.25) is 9.59 Å². The fourth-order valence-corrected chi connectivity index (χ4v) is 4.22. The first kappa shape index (κ1) is 23.5. The van der Waals surface area contributed by atoms with Crippen molar-refractivity contribution >= 4 is 29.5 Å². The van der Waals surface area contributed by atoms with E-state index in [9.17, 15) is 9.59 Å². The Balaban J connectivity index is 1.55. The van der Waals surface area contributed by atoms with Gasteiger partial charge >= 0.3 is 0 Å². The molecule has 1 aliphatic rings. The Morgan fingerprint density at radius 1 is 1.00 bits per heavy atom. The van der Waals surface area contributed by atoms with Crippen molar-refractivity contribution in [3.63, 3.8) is 0 Å². The van der Waals surface area contributed by atoms with Crippen LogP contribution in [0.15, 0.2) is 78.6 Å². The number of benzene rings is 2. The Morgan fingerprint density at radius 3 is 2.47 bits per heavy atom. The van der Waals surface area contributed by atoms with Crippen LogP contribution in [0, 0.1) is 0 Å². The van der Waals surface area contributed by atoms with Crippen LogP contribution in [0.2, 0.25) is 5.15 Å². The number of likely N-dealkylation sites (N-methyl/N-ethyl adjacent to an activating group) is 2. The van der Waals surface area contributed by atoms with Crippen LogP contribution >= 0.6 is 11.6 Å². The summed E-state index contributed by atoms with van der Waals surface area (Å²) in [5, 5.41) is 0.270. The number of hydrogen-bond acceptors (Lipinski definition) is 4. The molecule has 1 aromatic heterocycles. The monoisotopic (exact) mass is 475 g/mol. The predicted octanol–water partition coefficient (Wildman–Crippen LogP) is 4.59. The molecule has 1 aliphatic heterocycles. The molecule has 6 nitrogen and oxygen atoms in total. The fourth-order valence-electron chi connectivity index (χ4n) is 4.04. The normalized spacial score (nSPS) is 19.6. The highest BCUT2D eigenvalue weighted by molar-refractivity contribution is 6.31. The summed E-state index contributed by atoms with van der Waals surface area (Å²) in [4.78, 5) is 33.8. The summed E-state index contributed by atoms with van der Waals surface area (Å²) in [7, 11) is 3.27. The van der Waals surface area contributed by atoms with Crippen molar-refractivity contribution in [3.05, 3.63) is 100 Å². The second-order valence-electron chi connectivity index (χ2n) is 8.51. The van der Waals surface area contributed by atoms with Crippen LogP contribution < -0.4 is 4.74 Å². The van der Waals surface area contributed by atoms with Crippen molar-refractivity contribution in [1.82, 2.24) is 14.8 Å². The summed E-state index contributed by atoms with van der Waals surface area (Å²) in [5.41, 5.74) is 1.74. The summed E-state index contributed by atoms with van der Waals surface area (Å²) >= 11 is 6.16. The molecule has 0 saturated carbocycles. The quantitative estimate of drug-likeness (QED) is 0.386. The summed E-state index contributed by atoms with van der Waals surface area (Å²) in [5.74, 6) is 0.264. The number of hydrogen-bond donors (Lipinski definition) is 0. The molecule has 0 aliphatic carbocycles. The zero-order valence-electron chi connectivity index (χ0n) is 19.4. The number of amides is 2. The maximum atomic E-state index is 13.5. The van der Waals surface area contributed by atoms with E-state index in [4.69, 9.17) is 16.3 Å². The van der Waals surface area contributed by atoms with Crippen molar-refractivity contribution < 1.29 is 14.3 Å². The molecule has 2 heterocycles. The lowest BCUT2D eigenvalue weighted by Crippen LogP contribution is -2.64. The number of pyridine rings is 1. The highest BCUT2D eigenvalue weighted by Gasteiger charge is 2.48. The Labute approximate surface area is 204 Å². The maximum Gasteiger partial charge on any atom is 0.271 e. The van der Waals surface area contributed by atoms with Crippen molar-refractivity contribution in [2.24, 2.45) is 0 Å². The summed E-state index contributed by atoms with van der Waals surface area (Å²) in [6, 6.07) is 21.0. The number of halogens is 1. The number of ether oxygens (including phenoxy) is 1. The standard InChI is InChI=1S/C27H26ClN3O3/c1-27(17-20-11-7-13-22(15-20)34-18-19-9-5-4-6-10-19)26(33)30(2)23(25(32)31(27)3)16-21-12-8-14-29-24(21)28/h4-16H,17-18H2,1-3H3. The molecular formula is C27H26ClN3O3. The van der Waals surface area contributed by atoms with Crippen LogP contribution in [-0.4, -0.2) is 46.2 Å². The van der Waals surface area contributed by atoms with Gasteiger partial charge in [-0.05, 0) is 42.3 Å². The van der Waals surface area contributed by atoms with E-state index in [1.54, 1.807) is 45.4 Å². The minimum Gasteiger partial charge on any atom is -0.489 e. The second-order valence-corrected chi connectivity index (χ2v) is 8.87. The molecule has 4 rings (SSSR count). The number of rotatable bonds is 6. The van der Waals surface area contributed by atoms with E-state index in [0.29, 0.717) is 24.3 Å². The van der Waals surface area contributed by atoms with Gasteiger partial charge < -0.3 is 14.5 Å². The molecule has 1 unspecified atom stereocenters. The highest BCUT2D eigenvalue weighted by Crippen LogP contribution is 2.32. The number of carbonyl (C=O) groups is 2. The number of carbonyl (C=O) groups excluding carboxylic acids is 2. The number of piperazine rings is 1. The first-order chi connectivity index (χ1) is 16.3. The number of nitrogens with zero attached hydrogens (tertiary/aromatic N) is 3. The molecule has 1 fully saturated rings.